The van der Waals surface area contributed by atoms with E-state index in [2.05, 4.69) is 76.1 Å². The molecule has 4 heteroatoms. The standard InChI is InChI=1S/C24H25N3.ClH/c1-18-9-13-26(14-10-18)17-20-4-2-6-24-22(20)11-15-27(24)21-7-8-23-19(16-21)5-3-12-25-23;/h2-8,11-12,15-16,18H,9-10,13-14,17H2,1H3;1H. The topological polar surface area (TPSA) is 21.1 Å². The molecular weight excluding hydrogens is 366 g/mol. The van der Waals surface area contributed by atoms with Gasteiger partial charge < -0.3 is 4.57 Å². The molecule has 0 aliphatic carbocycles. The number of likely N-dealkylation sites (tertiary alicyclic amines) is 1. The first kappa shape index (κ1) is 19.0. The van der Waals surface area contributed by atoms with E-state index in [0.717, 1.165) is 18.0 Å². The molecule has 0 atom stereocenters. The fraction of sp³-hybridized carbons (Fsp3) is 0.292. The third-order valence-corrected chi connectivity index (χ3v) is 5.96. The van der Waals surface area contributed by atoms with E-state index in [1.54, 1.807) is 0 Å². The lowest BCUT2D eigenvalue weighted by Crippen LogP contribution is -2.32. The molecule has 0 amide bonds. The molecule has 0 unspecified atom stereocenters. The first-order valence-corrected chi connectivity index (χ1v) is 9.94. The molecule has 5 rings (SSSR count). The Bertz CT molecular complexity index is 1090. The summed E-state index contributed by atoms with van der Waals surface area (Å²) in [5, 5.41) is 2.54. The van der Waals surface area contributed by atoms with Gasteiger partial charge in [-0.3, -0.25) is 9.88 Å². The lowest BCUT2D eigenvalue weighted by atomic mass is 9.98. The van der Waals surface area contributed by atoms with E-state index in [-0.39, 0.29) is 12.4 Å². The van der Waals surface area contributed by atoms with Gasteiger partial charge in [0.1, 0.15) is 0 Å². The second kappa shape index (κ2) is 7.94. The molecule has 2 aromatic carbocycles. The van der Waals surface area contributed by atoms with Crippen LogP contribution >= 0.6 is 12.4 Å². The smallest absolute Gasteiger partial charge is 0.0703 e. The van der Waals surface area contributed by atoms with Crippen LogP contribution in [0.2, 0.25) is 0 Å². The van der Waals surface area contributed by atoms with Crippen molar-refractivity contribution in [1.29, 1.82) is 0 Å². The van der Waals surface area contributed by atoms with Crippen LogP contribution in [0.3, 0.4) is 0 Å². The first-order chi connectivity index (χ1) is 13.3. The van der Waals surface area contributed by atoms with E-state index in [1.807, 2.05) is 12.3 Å². The van der Waals surface area contributed by atoms with Gasteiger partial charge in [-0.2, -0.15) is 0 Å². The van der Waals surface area contributed by atoms with Crippen molar-refractivity contribution in [1.82, 2.24) is 14.5 Å². The Morgan fingerprint density at radius 2 is 1.86 bits per heavy atom. The Labute approximate surface area is 172 Å². The minimum atomic E-state index is 0. The Morgan fingerprint density at radius 3 is 2.71 bits per heavy atom. The van der Waals surface area contributed by atoms with Gasteiger partial charge >= 0.3 is 0 Å². The SMILES string of the molecule is CC1CCN(Cc2cccc3c2ccn3-c2ccc3ncccc3c2)CC1.Cl. The molecule has 1 aliphatic heterocycles. The quantitative estimate of drug-likeness (QED) is 0.438. The van der Waals surface area contributed by atoms with E-state index in [4.69, 9.17) is 0 Å². The predicted molar refractivity (Wildman–Crippen MR) is 119 cm³/mol. The fourth-order valence-electron chi connectivity index (χ4n) is 4.27. The first-order valence-electron chi connectivity index (χ1n) is 9.94. The number of benzene rings is 2. The monoisotopic (exact) mass is 391 g/mol. The highest BCUT2D eigenvalue weighted by molar-refractivity contribution is 5.87. The number of rotatable bonds is 3. The Morgan fingerprint density at radius 1 is 1.00 bits per heavy atom. The summed E-state index contributed by atoms with van der Waals surface area (Å²) >= 11 is 0. The number of fused-ring (bicyclic) bond motifs is 2. The molecule has 0 saturated carbocycles. The second-order valence-corrected chi connectivity index (χ2v) is 7.87. The molecule has 4 aromatic rings. The zero-order valence-electron chi connectivity index (χ0n) is 16.2. The third-order valence-electron chi connectivity index (χ3n) is 5.96. The Hall–Kier alpha value is -2.36. The summed E-state index contributed by atoms with van der Waals surface area (Å²) in [6.07, 6.45) is 6.69. The van der Waals surface area contributed by atoms with Gasteiger partial charge in [0, 0.05) is 35.4 Å². The summed E-state index contributed by atoms with van der Waals surface area (Å²) in [6, 6.07) is 19.6. The van der Waals surface area contributed by atoms with Crippen LogP contribution in [-0.2, 0) is 6.54 Å². The van der Waals surface area contributed by atoms with Crippen molar-refractivity contribution in [3.8, 4) is 5.69 Å². The summed E-state index contributed by atoms with van der Waals surface area (Å²) in [5.74, 6) is 0.875. The minimum absolute atomic E-state index is 0. The van der Waals surface area contributed by atoms with Gasteiger partial charge in [0.25, 0.3) is 0 Å². The van der Waals surface area contributed by atoms with Crippen LogP contribution in [0.1, 0.15) is 25.3 Å². The zero-order chi connectivity index (χ0) is 18.2. The number of hydrogen-bond acceptors (Lipinski definition) is 2. The predicted octanol–water partition coefficient (Wildman–Crippen LogP) is 5.83. The van der Waals surface area contributed by atoms with Gasteiger partial charge in [-0.1, -0.05) is 25.1 Å². The maximum atomic E-state index is 4.44. The van der Waals surface area contributed by atoms with Crippen molar-refractivity contribution < 1.29 is 0 Å². The fourth-order valence-corrected chi connectivity index (χ4v) is 4.27. The molecule has 144 valence electrons. The molecule has 28 heavy (non-hydrogen) atoms. The maximum Gasteiger partial charge on any atom is 0.0703 e. The molecule has 3 heterocycles. The lowest BCUT2D eigenvalue weighted by Gasteiger charge is -2.30. The molecular formula is C24H26ClN3. The van der Waals surface area contributed by atoms with Crippen LogP contribution in [0.5, 0.6) is 0 Å². The minimum Gasteiger partial charge on any atom is -0.317 e. The molecule has 2 aromatic heterocycles. The third kappa shape index (κ3) is 3.52. The summed E-state index contributed by atoms with van der Waals surface area (Å²) < 4.78 is 2.30. The lowest BCUT2D eigenvalue weighted by molar-refractivity contribution is 0.186. The normalized spacial score (nSPS) is 15.8. The van der Waals surface area contributed by atoms with Gasteiger partial charge in [-0.05, 0) is 73.8 Å². The summed E-state index contributed by atoms with van der Waals surface area (Å²) in [5.41, 5.74) is 4.94. The maximum absolute atomic E-state index is 4.44. The van der Waals surface area contributed by atoms with E-state index in [0.29, 0.717) is 0 Å². The van der Waals surface area contributed by atoms with Crippen molar-refractivity contribution >= 4 is 34.2 Å². The average molecular weight is 392 g/mol. The summed E-state index contributed by atoms with van der Waals surface area (Å²) in [4.78, 5) is 7.04. The van der Waals surface area contributed by atoms with Gasteiger partial charge in [0.15, 0.2) is 0 Å². The highest BCUT2D eigenvalue weighted by Crippen LogP contribution is 2.27. The zero-order valence-corrected chi connectivity index (χ0v) is 17.0. The van der Waals surface area contributed by atoms with Crippen LogP contribution < -0.4 is 0 Å². The van der Waals surface area contributed by atoms with Crippen LogP contribution in [0, 0.1) is 5.92 Å². The van der Waals surface area contributed by atoms with Crippen molar-refractivity contribution in [3.63, 3.8) is 0 Å². The van der Waals surface area contributed by atoms with Gasteiger partial charge in [-0.25, -0.2) is 0 Å². The van der Waals surface area contributed by atoms with Crippen molar-refractivity contribution in [3.05, 3.63) is 72.6 Å². The molecule has 0 bridgehead atoms. The Kier molecular flexibility index (Phi) is 5.38. The van der Waals surface area contributed by atoms with Crippen LogP contribution in [0.15, 0.2) is 67.0 Å². The van der Waals surface area contributed by atoms with Crippen LogP contribution in [0.25, 0.3) is 27.5 Å². The number of pyridine rings is 1. The molecule has 0 radical (unpaired) electrons. The van der Waals surface area contributed by atoms with E-state index in [1.165, 1.54) is 53.5 Å². The van der Waals surface area contributed by atoms with Gasteiger partial charge in [0.05, 0.1) is 11.0 Å². The van der Waals surface area contributed by atoms with E-state index >= 15 is 0 Å². The van der Waals surface area contributed by atoms with Gasteiger partial charge in [-0.15, -0.1) is 12.4 Å². The number of piperidine rings is 1. The van der Waals surface area contributed by atoms with Crippen molar-refractivity contribution in [2.75, 3.05) is 13.1 Å². The van der Waals surface area contributed by atoms with Gasteiger partial charge in [0.2, 0.25) is 0 Å². The molecule has 1 aliphatic rings. The number of aromatic nitrogens is 2. The van der Waals surface area contributed by atoms with E-state index < -0.39 is 0 Å². The number of nitrogens with zero attached hydrogens (tertiary/aromatic N) is 3. The highest BCUT2D eigenvalue weighted by Gasteiger charge is 2.17. The average Bonchev–Trinajstić information content (AvgIpc) is 3.14. The van der Waals surface area contributed by atoms with Crippen molar-refractivity contribution in [2.24, 2.45) is 5.92 Å². The molecule has 1 saturated heterocycles. The van der Waals surface area contributed by atoms with E-state index in [9.17, 15) is 0 Å². The summed E-state index contributed by atoms with van der Waals surface area (Å²) in [6.45, 7) is 5.86. The number of hydrogen-bond donors (Lipinski definition) is 0. The van der Waals surface area contributed by atoms with Crippen LogP contribution in [0.4, 0.5) is 0 Å². The molecule has 1 fully saturated rings. The second-order valence-electron chi connectivity index (χ2n) is 7.87. The van der Waals surface area contributed by atoms with Crippen molar-refractivity contribution in [2.45, 2.75) is 26.3 Å². The molecule has 0 N–H and O–H groups in total. The van der Waals surface area contributed by atoms with Crippen LogP contribution in [-0.4, -0.2) is 27.5 Å². The highest BCUT2D eigenvalue weighted by atomic mass is 35.5. The summed E-state index contributed by atoms with van der Waals surface area (Å²) in [7, 11) is 0. The Balaban J connectivity index is 0.00000192. The largest absolute Gasteiger partial charge is 0.317 e. The molecule has 0 spiro atoms. The number of halogens is 1. The molecule has 3 nitrogen and oxygen atoms in total.